The van der Waals surface area contributed by atoms with Gasteiger partial charge in [0.25, 0.3) is 5.91 Å². The molecule has 0 saturated heterocycles. The van der Waals surface area contributed by atoms with Crippen LogP contribution in [0.4, 0.5) is 0 Å². The zero-order valence-electron chi connectivity index (χ0n) is 19.4. The van der Waals surface area contributed by atoms with E-state index in [4.69, 9.17) is 4.74 Å². The summed E-state index contributed by atoms with van der Waals surface area (Å²) in [5, 5.41) is 5.16. The maximum Gasteiger partial charge on any atom is 0.261 e. The number of aryl methyl sites for hydroxylation is 1. The van der Waals surface area contributed by atoms with Crippen molar-refractivity contribution >= 4 is 22.6 Å². The van der Waals surface area contributed by atoms with E-state index >= 15 is 0 Å². The van der Waals surface area contributed by atoms with E-state index in [1.165, 1.54) is 0 Å². The summed E-state index contributed by atoms with van der Waals surface area (Å²) in [4.78, 5) is 28.0. The van der Waals surface area contributed by atoms with E-state index in [1.807, 2.05) is 73.7 Å². The van der Waals surface area contributed by atoms with E-state index in [0.29, 0.717) is 12.3 Å². The Morgan fingerprint density at radius 1 is 1.03 bits per heavy atom. The average Bonchev–Trinajstić information content (AvgIpc) is 3.33. The predicted octanol–water partition coefficient (Wildman–Crippen LogP) is 5.00. The maximum atomic E-state index is 13.3. The Bertz CT molecular complexity index is 1120. The standard InChI is InChI=1S/C28H32N2O3/c1-20-9-7-10-22(17-20)18-30(21(2)28(32)29-24-13-4-5-14-24)27(31)19-33-26-16-8-12-23-11-3-6-15-25(23)26/h3,6-12,15-17,21,24H,4-5,13-14,18-19H2,1-2H3,(H,29,32)/t21-/m1/s1. The van der Waals surface area contributed by atoms with Crippen molar-refractivity contribution in [3.8, 4) is 5.75 Å². The summed E-state index contributed by atoms with van der Waals surface area (Å²) in [7, 11) is 0. The highest BCUT2D eigenvalue weighted by Gasteiger charge is 2.28. The fraction of sp³-hybridized carbons (Fsp3) is 0.357. The molecule has 0 aromatic heterocycles. The lowest BCUT2D eigenvalue weighted by Gasteiger charge is -2.30. The second-order valence-electron chi connectivity index (χ2n) is 8.94. The normalized spacial score (nSPS) is 14.7. The number of hydrogen-bond donors (Lipinski definition) is 1. The number of nitrogens with zero attached hydrogens (tertiary/aromatic N) is 1. The quantitative estimate of drug-likeness (QED) is 0.532. The van der Waals surface area contributed by atoms with Gasteiger partial charge < -0.3 is 15.0 Å². The molecule has 1 N–H and O–H groups in total. The highest BCUT2D eigenvalue weighted by molar-refractivity contribution is 5.90. The Balaban J connectivity index is 1.50. The first-order valence-corrected chi connectivity index (χ1v) is 11.8. The fourth-order valence-corrected chi connectivity index (χ4v) is 4.53. The molecule has 0 bridgehead atoms. The summed E-state index contributed by atoms with van der Waals surface area (Å²) < 4.78 is 5.96. The van der Waals surface area contributed by atoms with E-state index in [0.717, 1.165) is 47.6 Å². The van der Waals surface area contributed by atoms with Crippen molar-refractivity contribution < 1.29 is 14.3 Å². The summed E-state index contributed by atoms with van der Waals surface area (Å²) in [6.07, 6.45) is 4.30. The van der Waals surface area contributed by atoms with Crippen LogP contribution < -0.4 is 10.1 Å². The van der Waals surface area contributed by atoms with E-state index in [2.05, 4.69) is 5.32 Å². The van der Waals surface area contributed by atoms with Crippen LogP contribution in [0.2, 0.25) is 0 Å². The van der Waals surface area contributed by atoms with Gasteiger partial charge in [-0.05, 0) is 43.7 Å². The molecule has 2 amide bonds. The van der Waals surface area contributed by atoms with Crippen LogP contribution in [0.3, 0.4) is 0 Å². The minimum Gasteiger partial charge on any atom is -0.483 e. The highest BCUT2D eigenvalue weighted by atomic mass is 16.5. The summed E-state index contributed by atoms with van der Waals surface area (Å²) in [5.41, 5.74) is 2.11. The summed E-state index contributed by atoms with van der Waals surface area (Å²) >= 11 is 0. The summed E-state index contributed by atoms with van der Waals surface area (Å²) in [6.45, 7) is 4.06. The molecule has 0 heterocycles. The molecule has 1 fully saturated rings. The maximum absolute atomic E-state index is 13.3. The molecule has 3 aromatic rings. The summed E-state index contributed by atoms with van der Waals surface area (Å²) in [6, 6.07) is 21.4. The molecule has 1 saturated carbocycles. The molecule has 4 rings (SSSR count). The van der Waals surface area contributed by atoms with Crippen molar-refractivity contribution in [1.82, 2.24) is 10.2 Å². The molecule has 0 unspecified atom stereocenters. The number of carbonyl (C=O) groups is 2. The molecule has 0 aliphatic heterocycles. The van der Waals surface area contributed by atoms with Gasteiger partial charge in [-0.2, -0.15) is 0 Å². The molecule has 1 aliphatic carbocycles. The zero-order chi connectivity index (χ0) is 23.2. The number of rotatable bonds is 8. The monoisotopic (exact) mass is 444 g/mol. The van der Waals surface area contributed by atoms with Crippen molar-refractivity contribution in [3.63, 3.8) is 0 Å². The number of fused-ring (bicyclic) bond motifs is 1. The predicted molar refractivity (Wildman–Crippen MR) is 131 cm³/mol. The first-order valence-electron chi connectivity index (χ1n) is 11.8. The van der Waals surface area contributed by atoms with Crippen LogP contribution in [0.5, 0.6) is 5.75 Å². The van der Waals surface area contributed by atoms with Crippen LogP contribution in [0, 0.1) is 6.92 Å². The van der Waals surface area contributed by atoms with Gasteiger partial charge in [-0.15, -0.1) is 0 Å². The van der Waals surface area contributed by atoms with Gasteiger partial charge in [-0.3, -0.25) is 9.59 Å². The SMILES string of the molecule is Cc1cccc(CN(C(=O)COc2cccc3ccccc23)[C@H](C)C(=O)NC2CCCC2)c1. The van der Waals surface area contributed by atoms with Crippen LogP contribution in [-0.4, -0.2) is 35.4 Å². The van der Waals surface area contributed by atoms with Crippen LogP contribution in [0.1, 0.15) is 43.7 Å². The van der Waals surface area contributed by atoms with Crippen molar-refractivity contribution in [2.45, 2.75) is 58.2 Å². The van der Waals surface area contributed by atoms with Crippen molar-refractivity contribution in [2.24, 2.45) is 0 Å². The number of amides is 2. The minimum absolute atomic E-state index is 0.104. The van der Waals surface area contributed by atoms with Crippen LogP contribution >= 0.6 is 0 Å². The van der Waals surface area contributed by atoms with Crippen LogP contribution in [0.25, 0.3) is 10.8 Å². The number of carbonyl (C=O) groups excluding carboxylic acids is 2. The third-order valence-corrected chi connectivity index (χ3v) is 6.41. The van der Waals surface area contributed by atoms with Crippen molar-refractivity contribution in [3.05, 3.63) is 77.9 Å². The molecule has 5 nitrogen and oxygen atoms in total. The summed E-state index contributed by atoms with van der Waals surface area (Å²) in [5.74, 6) is 0.353. The number of nitrogens with one attached hydrogen (secondary N) is 1. The molecule has 1 atom stereocenters. The Hall–Kier alpha value is -3.34. The van der Waals surface area contributed by atoms with Gasteiger partial charge >= 0.3 is 0 Å². The Kier molecular flexibility index (Phi) is 7.28. The first kappa shape index (κ1) is 22.8. The lowest BCUT2D eigenvalue weighted by Crippen LogP contribution is -2.50. The van der Waals surface area contributed by atoms with Gasteiger partial charge in [0.05, 0.1) is 0 Å². The Morgan fingerprint density at radius 3 is 2.55 bits per heavy atom. The van der Waals surface area contributed by atoms with E-state index < -0.39 is 6.04 Å². The van der Waals surface area contributed by atoms with Crippen LogP contribution in [-0.2, 0) is 16.1 Å². The molecule has 172 valence electrons. The van der Waals surface area contributed by atoms with Gasteiger partial charge in [0.1, 0.15) is 11.8 Å². The third-order valence-electron chi connectivity index (χ3n) is 6.41. The van der Waals surface area contributed by atoms with Gasteiger partial charge in [0.2, 0.25) is 5.91 Å². The van der Waals surface area contributed by atoms with E-state index in [1.54, 1.807) is 11.8 Å². The van der Waals surface area contributed by atoms with Gasteiger partial charge in [0.15, 0.2) is 6.61 Å². The average molecular weight is 445 g/mol. The minimum atomic E-state index is -0.588. The largest absolute Gasteiger partial charge is 0.483 e. The molecule has 3 aromatic carbocycles. The number of benzene rings is 3. The smallest absolute Gasteiger partial charge is 0.261 e. The van der Waals surface area contributed by atoms with E-state index in [-0.39, 0.29) is 24.5 Å². The number of ether oxygens (including phenoxy) is 1. The Labute approximate surface area is 195 Å². The Morgan fingerprint density at radius 2 is 1.76 bits per heavy atom. The lowest BCUT2D eigenvalue weighted by atomic mass is 10.1. The molecule has 0 spiro atoms. The van der Waals surface area contributed by atoms with Gasteiger partial charge in [-0.1, -0.05) is 79.1 Å². The zero-order valence-corrected chi connectivity index (χ0v) is 19.4. The topological polar surface area (TPSA) is 58.6 Å². The fourth-order valence-electron chi connectivity index (χ4n) is 4.53. The number of hydrogen-bond acceptors (Lipinski definition) is 3. The molecule has 0 radical (unpaired) electrons. The van der Waals surface area contributed by atoms with Crippen molar-refractivity contribution in [2.75, 3.05) is 6.61 Å². The molecule has 33 heavy (non-hydrogen) atoms. The molecule has 5 heteroatoms. The van der Waals surface area contributed by atoms with Crippen molar-refractivity contribution in [1.29, 1.82) is 0 Å². The molecular formula is C28H32N2O3. The highest BCUT2D eigenvalue weighted by Crippen LogP contribution is 2.25. The van der Waals surface area contributed by atoms with Gasteiger partial charge in [-0.25, -0.2) is 0 Å². The second-order valence-corrected chi connectivity index (χ2v) is 8.94. The van der Waals surface area contributed by atoms with Crippen LogP contribution in [0.15, 0.2) is 66.7 Å². The third kappa shape index (κ3) is 5.72. The van der Waals surface area contributed by atoms with E-state index in [9.17, 15) is 9.59 Å². The first-order chi connectivity index (χ1) is 16.0. The lowest BCUT2D eigenvalue weighted by molar-refractivity contribution is -0.142. The molecule has 1 aliphatic rings. The second kappa shape index (κ2) is 10.5. The van der Waals surface area contributed by atoms with Gasteiger partial charge in [0, 0.05) is 18.0 Å². The molecular weight excluding hydrogens is 412 g/mol.